The molecule has 19 heavy (non-hydrogen) atoms. The van der Waals surface area contributed by atoms with E-state index in [1.54, 1.807) is 0 Å². The maximum absolute atomic E-state index is 5.82. The van der Waals surface area contributed by atoms with Crippen molar-refractivity contribution >= 4 is 21.4 Å². The SMILES string of the molecule is CN1CCN(Cc2cc3cccc(CN)c3s2)CC1. The van der Waals surface area contributed by atoms with E-state index < -0.39 is 0 Å². The van der Waals surface area contributed by atoms with Gasteiger partial charge in [-0.2, -0.15) is 0 Å². The fourth-order valence-corrected chi connectivity index (χ4v) is 3.86. The number of benzene rings is 1. The van der Waals surface area contributed by atoms with Crippen LogP contribution in [-0.2, 0) is 13.1 Å². The Balaban J connectivity index is 1.78. The van der Waals surface area contributed by atoms with E-state index in [2.05, 4.69) is 41.1 Å². The molecule has 0 atom stereocenters. The van der Waals surface area contributed by atoms with Gasteiger partial charge < -0.3 is 10.6 Å². The Morgan fingerprint density at radius 2 is 2.00 bits per heavy atom. The molecule has 102 valence electrons. The maximum Gasteiger partial charge on any atom is 0.0391 e. The molecule has 0 unspecified atom stereocenters. The highest BCUT2D eigenvalue weighted by atomic mass is 32.1. The fourth-order valence-electron chi connectivity index (χ4n) is 2.64. The first-order chi connectivity index (χ1) is 9.26. The summed E-state index contributed by atoms with van der Waals surface area (Å²) in [6, 6.07) is 8.77. The number of hydrogen-bond donors (Lipinski definition) is 1. The first kappa shape index (κ1) is 13.1. The number of nitrogens with zero attached hydrogens (tertiary/aromatic N) is 2. The highest BCUT2D eigenvalue weighted by Gasteiger charge is 2.15. The number of likely N-dealkylation sites (N-methyl/N-ethyl adjacent to an activating group) is 1. The van der Waals surface area contributed by atoms with Crippen molar-refractivity contribution in [2.75, 3.05) is 33.2 Å². The number of fused-ring (bicyclic) bond motifs is 1. The second kappa shape index (κ2) is 5.59. The second-order valence-electron chi connectivity index (χ2n) is 5.33. The average molecular weight is 275 g/mol. The molecule has 0 radical (unpaired) electrons. The van der Waals surface area contributed by atoms with Crippen LogP contribution in [0.1, 0.15) is 10.4 Å². The molecular formula is C15H21N3S. The lowest BCUT2D eigenvalue weighted by molar-refractivity contribution is 0.149. The van der Waals surface area contributed by atoms with Crippen LogP contribution in [0.25, 0.3) is 10.1 Å². The second-order valence-corrected chi connectivity index (χ2v) is 6.47. The number of thiophene rings is 1. The summed E-state index contributed by atoms with van der Waals surface area (Å²) in [5.74, 6) is 0. The van der Waals surface area contributed by atoms with Crippen LogP contribution < -0.4 is 5.73 Å². The molecule has 0 bridgehead atoms. The number of nitrogens with two attached hydrogens (primary N) is 1. The van der Waals surface area contributed by atoms with Gasteiger partial charge in [0.25, 0.3) is 0 Å². The van der Waals surface area contributed by atoms with Gasteiger partial charge in [0.15, 0.2) is 0 Å². The van der Waals surface area contributed by atoms with Crippen LogP contribution in [0.5, 0.6) is 0 Å². The van der Waals surface area contributed by atoms with E-state index in [-0.39, 0.29) is 0 Å². The van der Waals surface area contributed by atoms with Crippen molar-refractivity contribution in [3.8, 4) is 0 Å². The van der Waals surface area contributed by atoms with Gasteiger partial charge in [-0.15, -0.1) is 11.3 Å². The van der Waals surface area contributed by atoms with Crippen LogP contribution >= 0.6 is 11.3 Å². The Bertz CT molecular complexity index is 556. The summed E-state index contributed by atoms with van der Waals surface area (Å²) in [5.41, 5.74) is 7.09. The number of rotatable bonds is 3. The molecule has 0 saturated carbocycles. The van der Waals surface area contributed by atoms with Gasteiger partial charge in [-0.3, -0.25) is 4.90 Å². The Labute approximate surface area is 118 Å². The Morgan fingerprint density at radius 3 is 2.74 bits per heavy atom. The molecular weight excluding hydrogens is 254 g/mol. The van der Waals surface area contributed by atoms with Gasteiger partial charge in [-0.05, 0) is 24.1 Å². The van der Waals surface area contributed by atoms with Gasteiger partial charge in [0.2, 0.25) is 0 Å². The third-order valence-electron chi connectivity index (χ3n) is 3.87. The van der Waals surface area contributed by atoms with Gasteiger partial charge >= 0.3 is 0 Å². The van der Waals surface area contributed by atoms with Crippen molar-refractivity contribution in [3.63, 3.8) is 0 Å². The molecule has 2 N–H and O–H groups in total. The van der Waals surface area contributed by atoms with E-state index in [4.69, 9.17) is 5.73 Å². The quantitative estimate of drug-likeness (QED) is 0.931. The van der Waals surface area contributed by atoms with E-state index >= 15 is 0 Å². The summed E-state index contributed by atoms with van der Waals surface area (Å²) in [4.78, 5) is 6.40. The number of piperazine rings is 1. The van der Waals surface area contributed by atoms with Crippen molar-refractivity contribution in [2.45, 2.75) is 13.1 Å². The van der Waals surface area contributed by atoms with Crippen LogP contribution in [-0.4, -0.2) is 43.0 Å². The molecule has 1 saturated heterocycles. The molecule has 3 rings (SSSR count). The summed E-state index contributed by atoms with van der Waals surface area (Å²) < 4.78 is 1.37. The summed E-state index contributed by atoms with van der Waals surface area (Å²) in [6.45, 7) is 6.42. The molecule has 4 heteroatoms. The first-order valence-electron chi connectivity index (χ1n) is 6.87. The Hall–Kier alpha value is -0.940. The van der Waals surface area contributed by atoms with E-state index in [0.29, 0.717) is 6.54 Å². The molecule has 0 aliphatic carbocycles. The summed E-state index contributed by atoms with van der Waals surface area (Å²) >= 11 is 1.91. The largest absolute Gasteiger partial charge is 0.326 e. The molecule has 1 aliphatic rings. The van der Waals surface area contributed by atoms with E-state index in [9.17, 15) is 0 Å². The summed E-state index contributed by atoms with van der Waals surface area (Å²) in [5, 5.41) is 1.34. The van der Waals surface area contributed by atoms with Gasteiger partial charge in [-0.1, -0.05) is 18.2 Å². The van der Waals surface area contributed by atoms with Gasteiger partial charge in [0, 0.05) is 48.8 Å². The molecule has 0 spiro atoms. The van der Waals surface area contributed by atoms with Crippen LogP contribution in [0, 0.1) is 0 Å². The standard InChI is InChI=1S/C15H21N3S/c1-17-5-7-18(8-6-17)11-14-9-12-3-2-4-13(10-16)15(12)19-14/h2-4,9H,5-8,10-11,16H2,1H3. The Kier molecular flexibility index (Phi) is 3.84. The Morgan fingerprint density at radius 1 is 1.21 bits per heavy atom. The molecule has 1 aromatic carbocycles. The van der Waals surface area contributed by atoms with Crippen molar-refractivity contribution in [1.82, 2.24) is 9.80 Å². The predicted octanol–water partition coefficient (Wildman–Crippen LogP) is 2.11. The minimum absolute atomic E-state index is 0.631. The van der Waals surface area contributed by atoms with Gasteiger partial charge in [-0.25, -0.2) is 0 Å². The lowest BCUT2D eigenvalue weighted by Crippen LogP contribution is -2.43. The third-order valence-corrected chi connectivity index (χ3v) is 5.08. The topological polar surface area (TPSA) is 32.5 Å². The molecule has 0 amide bonds. The van der Waals surface area contributed by atoms with Crippen LogP contribution in [0.4, 0.5) is 0 Å². The van der Waals surface area contributed by atoms with Crippen molar-refractivity contribution < 1.29 is 0 Å². The summed E-state index contributed by atoms with van der Waals surface area (Å²) in [7, 11) is 2.20. The predicted molar refractivity (Wildman–Crippen MR) is 82.5 cm³/mol. The highest BCUT2D eigenvalue weighted by Crippen LogP contribution is 2.29. The molecule has 2 aromatic rings. The van der Waals surface area contributed by atoms with Gasteiger partial charge in [0.1, 0.15) is 0 Å². The van der Waals surface area contributed by atoms with Crippen molar-refractivity contribution in [2.24, 2.45) is 5.73 Å². The zero-order valence-electron chi connectivity index (χ0n) is 11.4. The molecule has 1 aromatic heterocycles. The van der Waals surface area contributed by atoms with Crippen LogP contribution in [0.3, 0.4) is 0 Å². The smallest absolute Gasteiger partial charge is 0.0391 e. The molecule has 1 aliphatic heterocycles. The first-order valence-corrected chi connectivity index (χ1v) is 7.69. The zero-order chi connectivity index (χ0) is 13.2. The zero-order valence-corrected chi connectivity index (χ0v) is 12.2. The third kappa shape index (κ3) is 2.82. The van der Waals surface area contributed by atoms with E-state index in [0.717, 1.165) is 6.54 Å². The van der Waals surface area contributed by atoms with Crippen LogP contribution in [0.15, 0.2) is 24.3 Å². The van der Waals surface area contributed by atoms with E-state index in [1.807, 2.05) is 11.3 Å². The molecule has 1 fully saturated rings. The van der Waals surface area contributed by atoms with E-state index in [1.165, 1.54) is 46.7 Å². The average Bonchev–Trinajstić information content (AvgIpc) is 2.83. The molecule has 3 nitrogen and oxygen atoms in total. The van der Waals surface area contributed by atoms with Crippen molar-refractivity contribution in [1.29, 1.82) is 0 Å². The van der Waals surface area contributed by atoms with Crippen LogP contribution in [0.2, 0.25) is 0 Å². The van der Waals surface area contributed by atoms with Crippen molar-refractivity contribution in [3.05, 3.63) is 34.7 Å². The molecule has 2 heterocycles. The summed E-state index contributed by atoms with van der Waals surface area (Å²) in [6.07, 6.45) is 0. The highest BCUT2D eigenvalue weighted by molar-refractivity contribution is 7.19. The lowest BCUT2D eigenvalue weighted by atomic mass is 10.1. The normalized spacial score (nSPS) is 18.2. The minimum Gasteiger partial charge on any atom is -0.326 e. The fraction of sp³-hybridized carbons (Fsp3) is 0.467. The monoisotopic (exact) mass is 275 g/mol. The lowest BCUT2D eigenvalue weighted by Gasteiger charge is -2.31. The minimum atomic E-state index is 0.631. The number of hydrogen-bond acceptors (Lipinski definition) is 4. The maximum atomic E-state index is 5.82. The van der Waals surface area contributed by atoms with Gasteiger partial charge in [0.05, 0.1) is 0 Å².